The summed E-state index contributed by atoms with van der Waals surface area (Å²) in [5.74, 6) is -0.000825. The van der Waals surface area contributed by atoms with Gasteiger partial charge in [-0.15, -0.1) is 22.6 Å². The fraction of sp³-hybridized carbons (Fsp3) is 0.727. The molecule has 7 heteroatoms. The summed E-state index contributed by atoms with van der Waals surface area (Å²) in [6, 6.07) is -0.0722. The van der Waals surface area contributed by atoms with Gasteiger partial charge in [-0.25, -0.2) is 0 Å². The Morgan fingerprint density at radius 3 is 2.67 bits per heavy atom. The van der Waals surface area contributed by atoms with E-state index < -0.39 is 0 Å². The molecule has 0 aliphatic carbocycles. The number of rotatable bonds is 2. The quantitative estimate of drug-likeness (QED) is 0.874. The van der Waals surface area contributed by atoms with Crippen molar-refractivity contribution in [2.45, 2.75) is 45.1 Å². The molecule has 1 aromatic rings. The van der Waals surface area contributed by atoms with Crippen LogP contribution in [0.4, 0.5) is 5.13 Å². The predicted molar refractivity (Wildman–Crippen MR) is 75.5 cm³/mol. The fourth-order valence-corrected chi connectivity index (χ4v) is 2.48. The van der Waals surface area contributed by atoms with E-state index in [-0.39, 0.29) is 29.8 Å². The minimum absolute atomic E-state index is 0. The van der Waals surface area contributed by atoms with E-state index in [4.69, 9.17) is 0 Å². The highest BCUT2D eigenvalue weighted by molar-refractivity contribution is 7.15. The van der Waals surface area contributed by atoms with Crippen molar-refractivity contribution in [3.8, 4) is 0 Å². The van der Waals surface area contributed by atoms with Gasteiger partial charge in [0.2, 0.25) is 11.0 Å². The average molecular weight is 291 g/mol. The van der Waals surface area contributed by atoms with Crippen LogP contribution in [0.5, 0.6) is 0 Å². The van der Waals surface area contributed by atoms with Crippen LogP contribution >= 0.6 is 23.7 Å². The van der Waals surface area contributed by atoms with Gasteiger partial charge in [0.05, 0.1) is 6.04 Å². The first kappa shape index (κ1) is 15.3. The predicted octanol–water partition coefficient (Wildman–Crippen LogP) is 1.95. The average Bonchev–Trinajstić information content (AvgIpc) is 2.85. The molecule has 1 aliphatic heterocycles. The second-order valence-corrected chi connectivity index (χ2v) is 6.28. The first-order chi connectivity index (χ1) is 7.97. The molecule has 1 fully saturated rings. The van der Waals surface area contributed by atoms with Crippen molar-refractivity contribution in [2.75, 3.05) is 11.9 Å². The molecule has 0 spiro atoms. The van der Waals surface area contributed by atoms with Crippen LogP contribution in [0.3, 0.4) is 0 Å². The Balaban J connectivity index is 0.00000162. The molecule has 102 valence electrons. The molecule has 0 aromatic carbocycles. The third-order valence-electron chi connectivity index (χ3n) is 2.67. The fourth-order valence-electron chi connectivity index (χ4n) is 1.68. The van der Waals surface area contributed by atoms with Crippen LogP contribution in [0.2, 0.25) is 0 Å². The van der Waals surface area contributed by atoms with Crippen molar-refractivity contribution in [3.63, 3.8) is 0 Å². The molecule has 2 rings (SSSR count). The zero-order valence-corrected chi connectivity index (χ0v) is 12.5. The molecule has 1 saturated heterocycles. The zero-order valence-electron chi connectivity index (χ0n) is 10.8. The highest BCUT2D eigenvalue weighted by Gasteiger charge is 2.24. The van der Waals surface area contributed by atoms with Gasteiger partial charge in [-0.1, -0.05) is 32.1 Å². The topological polar surface area (TPSA) is 66.9 Å². The molecule has 1 atom stereocenters. The lowest BCUT2D eigenvalue weighted by Crippen LogP contribution is -2.35. The van der Waals surface area contributed by atoms with E-state index in [1.165, 1.54) is 11.3 Å². The van der Waals surface area contributed by atoms with Crippen LogP contribution < -0.4 is 10.6 Å². The summed E-state index contributed by atoms with van der Waals surface area (Å²) in [5, 5.41) is 15.6. The van der Waals surface area contributed by atoms with Crippen molar-refractivity contribution in [1.29, 1.82) is 0 Å². The van der Waals surface area contributed by atoms with E-state index >= 15 is 0 Å². The highest BCUT2D eigenvalue weighted by atomic mass is 35.5. The summed E-state index contributed by atoms with van der Waals surface area (Å²) in [4.78, 5) is 11.8. The summed E-state index contributed by atoms with van der Waals surface area (Å²) < 4.78 is 0. The molecular weight excluding hydrogens is 272 g/mol. The van der Waals surface area contributed by atoms with Crippen molar-refractivity contribution in [3.05, 3.63) is 5.01 Å². The number of hydrogen-bond donors (Lipinski definition) is 2. The van der Waals surface area contributed by atoms with Gasteiger partial charge >= 0.3 is 0 Å². The van der Waals surface area contributed by atoms with Crippen LogP contribution in [0.15, 0.2) is 0 Å². The zero-order chi connectivity index (χ0) is 12.5. The second kappa shape index (κ2) is 5.95. The molecule has 0 bridgehead atoms. The van der Waals surface area contributed by atoms with E-state index in [0.717, 1.165) is 24.4 Å². The minimum Gasteiger partial charge on any atom is -0.306 e. The number of amides is 1. The monoisotopic (exact) mass is 290 g/mol. The van der Waals surface area contributed by atoms with Crippen LogP contribution in [0.1, 0.15) is 38.6 Å². The number of hydrogen-bond acceptors (Lipinski definition) is 5. The number of nitrogens with zero attached hydrogens (tertiary/aromatic N) is 2. The minimum atomic E-state index is -0.0722. The lowest BCUT2D eigenvalue weighted by Gasteiger charge is -2.12. The van der Waals surface area contributed by atoms with Crippen LogP contribution in [-0.4, -0.2) is 28.7 Å². The molecule has 0 radical (unpaired) electrons. The number of halogens is 1. The Kier molecular flexibility index (Phi) is 5.07. The van der Waals surface area contributed by atoms with Crippen molar-refractivity contribution in [1.82, 2.24) is 15.5 Å². The maximum atomic E-state index is 11.8. The SMILES string of the molecule is CC(C)(C)c1nnc(NC(=O)C2CCCN2)s1.Cl. The van der Waals surface area contributed by atoms with E-state index in [1.54, 1.807) is 0 Å². The summed E-state index contributed by atoms with van der Waals surface area (Å²) in [6.45, 7) is 7.16. The Hall–Kier alpha value is -0.720. The number of nitrogens with one attached hydrogen (secondary N) is 2. The van der Waals surface area contributed by atoms with Crippen molar-refractivity contribution >= 4 is 34.8 Å². The molecule has 18 heavy (non-hydrogen) atoms. The maximum Gasteiger partial charge on any atom is 0.243 e. The molecule has 1 aromatic heterocycles. The van der Waals surface area contributed by atoms with E-state index in [0.29, 0.717) is 5.13 Å². The third kappa shape index (κ3) is 3.63. The molecule has 1 unspecified atom stereocenters. The van der Waals surface area contributed by atoms with Gasteiger partial charge in [0.15, 0.2) is 0 Å². The van der Waals surface area contributed by atoms with Crippen LogP contribution in [-0.2, 0) is 10.2 Å². The first-order valence-corrected chi connectivity index (χ1v) is 6.67. The molecule has 2 heterocycles. The summed E-state index contributed by atoms with van der Waals surface area (Å²) >= 11 is 1.44. The van der Waals surface area contributed by atoms with E-state index in [9.17, 15) is 4.79 Å². The van der Waals surface area contributed by atoms with Gasteiger partial charge in [0.25, 0.3) is 0 Å². The van der Waals surface area contributed by atoms with Gasteiger partial charge in [0.1, 0.15) is 5.01 Å². The van der Waals surface area contributed by atoms with Gasteiger partial charge in [0, 0.05) is 5.41 Å². The molecule has 1 amide bonds. The number of carbonyl (C=O) groups is 1. The number of anilines is 1. The standard InChI is InChI=1S/C11H18N4OS.ClH/c1-11(2,3)9-14-15-10(17-9)13-8(16)7-5-4-6-12-7;/h7,12H,4-6H2,1-3H3,(H,13,15,16);1H. The molecule has 5 nitrogen and oxygen atoms in total. The van der Waals surface area contributed by atoms with Gasteiger partial charge in [-0.05, 0) is 19.4 Å². The van der Waals surface area contributed by atoms with Crippen LogP contribution in [0.25, 0.3) is 0 Å². The Bertz CT molecular complexity index is 409. The highest BCUT2D eigenvalue weighted by Crippen LogP contribution is 2.27. The van der Waals surface area contributed by atoms with Gasteiger partial charge in [-0.3, -0.25) is 10.1 Å². The first-order valence-electron chi connectivity index (χ1n) is 5.85. The lowest BCUT2D eigenvalue weighted by molar-refractivity contribution is -0.117. The Labute approximate surface area is 117 Å². The summed E-state index contributed by atoms with van der Waals surface area (Å²) in [5.41, 5.74) is -0.0216. The smallest absolute Gasteiger partial charge is 0.243 e. The second-order valence-electron chi connectivity index (χ2n) is 5.30. The summed E-state index contributed by atoms with van der Waals surface area (Å²) in [6.07, 6.45) is 1.96. The van der Waals surface area contributed by atoms with E-state index in [1.807, 2.05) is 0 Å². The molecule has 1 aliphatic rings. The number of aromatic nitrogens is 2. The lowest BCUT2D eigenvalue weighted by atomic mass is 9.98. The van der Waals surface area contributed by atoms with Gasteiger partial charge < -0.3 is 5.32 Å². The van der Waals surface area contributed by atoms with Crippen molar-refractivity contribution in [2.24, 2.45) is 0 Å². The van der Waals surface area contributed by atoms with Gasteiger partial charge in [-0.2, -0.15) is 0 Å². The largest absolute Gasteiger partial charge is 0.306 e. The molecule has 0 saturated carbocycles. The Morgan fingerprint density at radius 2 is 2.17 bits per heavy atom. The van der Waals surface area contributed by atoms with E-state index in [2.05, 4.69) is 41.6 Å². The molecular formula is C11H19ClN4OS. The summed E-state index contributed by atoms with van der Waals surface area (Å²) in [7, 11) is 0. The molecule has 2 N–H and O–H groups in total. The maximum absolute atomic E-state index is 11.8. The Morgan fingerprint density at radius 1 is 1.44 bits per heavy atom. The third-order valence-corrected chi connectivity index (χ3v) is 3.94. The normalized spacial score (nSPS) is 19.4. The van der Waals surface area contributed by atoms with Crippen LogP contribution in [0, 0.1) is 0 Å². The number of carbonyl (C=O) groups excluding carboxylic acids is 1. The van der Waals surface area contributed by atoms with Crippen molar-refractivity contribution < 1.29 is 4.79 Å².